The SMILES string of the molecule is Cc1ccc(C(CN)c2cncnc2)cc1. The fourth-order valence-corrected chi connectivity index (χ4v) is 1.75. The first-order chi connectivity index (χ1) is 7.81. The van der Waals surface area contributed by atoms with Crippen molar-refractivity contribution in [3.05, 3.63) is 59.7 Å². The van der Waals surface area contributed by atoms with Crippen LogP contribution >= 0.6 is 0 Å². The van der Waals surface area contributed by atoms with Gasteiger partial charge in [0.15, 0.2) is 0 Å². The molecule has 3 heteroatoms. The van der Waals surface area contributed by atoms with Crippen molar-refractivity contribution in [1.29, 1.82) is 0 Å². The maximum atomic E-state index is 5.82. The van der Waals surface area contributed by atoms with Crippen LogP contribution in [-0.2, 0) is 0 Å². The van der Waals surface area contributed by atoms with E-state index in [1.165, 1.54) is 17.5 Å². The molecule has 16 heavy (non-hydrogen) atoms. The van der Waals surface area contributed by atoms with Crippen LogP contribution in [0.5, 0.6) is 0 Å². The molecule has 3 nitrogen and oxygen atoms in total. The lowest BCUT2D eigenvalue weighted by Crippen LogP contribution is -2.14. The fourth-order valence-electron chi connectivity index (χ4n) is 1.75. The Morgan fingerprint density at radius 1 is 1.06 bits per heavy atom. The second-order valence-electron chi connectivity index (χ2n) is 3.87. The maximum Gasteiger partial charge on any atom is 0.115 e. The van der Waals surface area contributed by atoms with Crippen LogP contribution < -0.4 is 5.73 Å². The molecule has 0 radical (unpaired) electrons. The van der Waals surface area contributed by atoms with Gasteiger partial charge in [-0.2, -0.15) is 0 Å². The molecule has 2 rings (SSSR count). The molecular formula is C13H15N3. The molecule has 0 saturated carbocycles. The summed E-state index contributed by atoms with van der Waals surface area (Å²) in [6.45, 7) is 2.64. The quantitative estimate of drug-likeness (QED) is 0.846. The van der Waals surface area contributed by atoms with Crippen LogP contribution in [-0.4, -0.2) is 16.5 Å². The van der Waals surface area contributed by atoms with Crippen LogP contribution in [0.4, 0.5) is 0 Å². The van der Waals surface area contributed by atoms with E-state index in [0.717, 1.165) is 5.56 Å². The Morgan fingerprint density at radius 3 is 2.25 bits per heavy atom. The van der Waals surface area contributed by atoms with E-state index < -0.39 is 0 Å². The van der Waals surface area contributed by atoms with E-state index in [0.29, 0.717) is 6.54 Å². The molecule has 0 saturated heterocycles. The Balaban J connectivity index is 2.33. The van der Waals surface area contributed by atoms with Crippen molar-refractivity contribution in [3.63, 3.8) is 0 Å². The van der Waals surface area contributed by atoms with E-state index in [-0.39, 0.29) is 5.92 Å². The van der Waals surface area contributed by atoms with Gasteiger partial charge < -0.3 is 5.73 Å². The van der Waals surface area contributed by atoms with Gasteiger partial charge in [0.2, 0.25) is 0 Å². The first-order valence-corrected chi connectivity index (χ1v) is 5.33. The maximum absolute atomic E-state index is 5.82. The number of aromatic nitrogens is 2. The van der Waals surface area contributed by atoms with Crippen molar-refractivity contribution >= 4 is 0 Å². The summed E-state index contributed by atoms with van der Waals surface area (Å²) in [7, 11) is 0. The molecule has 0 aliphatic heterocycles. The van der Waals surface area contributed by atoms with Gasteiger partial charge in [0, 0.05) is 24.9 Å². The summed E-state index contributed by atoms with van der Waals surface area (Å²) in [5.41, 5.74) is 9.35. The van der Waals surface area contributed by atoms with Gasteiger partial charge in [0.1, 0.15) is 6.33 Å². The molecule has 1 unspecified atom stereocenters. The zero-order valence-corrected chi connectivity index (χ0v) is 9.30. The average Bonchev–Trinajstić information content (AvgIpc) is 2.34. The van der Waals surface area contributed by atoms with E-state index in [4.69, 9.17) is 5.73 Å². The number of benzene rings is 1. The lowest BCUT2D eigenvalue weighted by Gasteiger charge is -2.14. The molecule has 82 valence electrons. The first kappa shape index (κ1) is 10.8. The molecule has 1 atom stereocenters. The highest BCUT2D eigenvalue weighted by Gasteiger charge is 2.12. The number of nitrogens with two attached hydrogens (primary N) is 1. The van der Waals surface area contributed by atoms with Crippen molar-refractivity contribution in [2.75, 3.05) is 6.54 Å². The molecule has 1 aromatic heterocycles. The summed E-state index contributed by atoms with van der Waals surface area (Å²) in [6.07, 6.45) is 5.18. The van der Waals surface area contributed by atoms with Crippen molar-refractivity contribution in [3.8, 4) is 0 Å². The van der Waals surface area contributed by atoms with Crippen molar-refractivity contribution in [1.82, 2.24) is 9.97 Å². The molecule has 1 heterocycles. The zero-order chi connectivity index (χ0) is 11.4. The van der Waals surface area contributed by atoms with E-state index >= 15 is 0 Å². The van der Waals surface area contributed by atoms with Crippen LogP contribution in [0.2, 0.25) is 0 Å². The minimum Gasteiger partial charge on any atom is -0.330 e. The number of hydrogen-bond donors (Lipinski definition) is 1. The van der Waals surface area contributed by atoms with Gasteiger partial charge >= 0.3 is 0 Å². The van der Waals surface area contributed by atoms with Gasteiger partial charge in [-0.15, -0.1) is 0 Å². The van der Waals surface area contributed by atoms with Crippen LogP contribution in [0, 0.1) is 6.92 Å². The summed E-state index contributed by atoms with van der Waals surface area (Å²) in [6, 6.07) is 8.42. The smallest absolute Gasteiger partial charge is 0.115 e. The van der Waals surface area contributed by atoms with Crippen LogP contribution in [0.25, 0.3) is 0 Å². The van der Waals surface area contributed by atoms with E-state index in [1.54, 1.807) is 0 Å². The highest BCUT2D eigenvalue weighted by Crippen LogP contribution is 2.22. The number of aryl methyl sites for hydroxylation is 1. The lowest BCUT2D eigenvalue weighted by molar-refractivity contribution is 0.805. The zero-order valence-electron chi connectivity index (χ0n) is 9.30. The predicted molar refractivity (Wildman–Crippen MR) is 64.1 cm³/mol. The van der Waals surface area contributed by atoms with E-state index in [2.05, 4.69) is 41.2 Å². The second kappa shape index (κ2) is 4.86. The molecule has 0 aliphatic rings. The Kier molecular flexibility index (Phi) is 3.27. The minimum absolute atomic E-state index is 0.182. The minimum atomic E-state index is 0.182. The second-order valence-corrected chi connectivity index (χ2v) is 3.87. The Morgan fingerprint density at radius 2 is 1.69 bits per heavy atom. The van der Waals surface area contributed by atoms with Gasteiger partial charge in [0.25, 0.3) is 0 Å². The molecular weight excluding hydrogens is 198 g/mol. The average molecular weight is 213 g/mol. The van der Waals surface area contributed by atoms with Gasteiger partial charge in [-0.05, 0) is 18.1 Å². The van der Waals surface area contributed by atoms with Crippen molar-refractivity contribution in [2.45, 2.75) is 12.8 Å². The summed E-state index contributed by atoms with van der Waals surface area (Å²) in [5.74, 6) is 0.182. The highest BCUT2D eigenvalue weighted by atomic mass is 14.8. The van der Waals surface area contributed by atoms with E-state index in [9.17, 15) is 0 Å². The third kappa shape index (κ3) is 2.25. The Hall–Kier alpha value is -1.74. The predicted octanol–water partition coefficient (Wildman–Crippen LogP) is 1.88. The third-order valence-corrected chi connectivity index (χ3v) is 2.70. The van der Waals surface area contributed by atoms with Crippen LogP contribution in [0.1, 0.15) is 22.6 Å². The largest absolute Gasteiger partial charge is 0.330 e. The van der Waals surface area contributed by atoms with Crippen LogP contribution in [0.15, 0.2) is 43.0 Å². The molecule has 0 aliphatic carbocycles. The van der Waals surface area contributed by atoms with Crippen molar-refractivity contribution in [2.24, 2.45) is 5.73 Å². The van der Waals surface area contributed by atoms with Gasteiger partial charge in [-0.1, -0.05) is 29.8 Å². The first-order valence-electron chi connectivity index (χ1n) is 5.33. The number of rotatable bonds is 3. The van der Waals surface area contributed by atoms with Crippen molar-refractivity contribution < 1.29 is 0 Å². The Bertz CT molecular complexity index is 436. The molecule has 2 aromatic rings. The normalized spacial score (nSPS) is 12.4. The number of nitrogens with zero attached hydrogens (tertiary/aromatic N) is 2. The molecule has 0 spiro atoms. The Labute approximate surface area is 95.4 Å². The standard InChI is InChI=1S/C13H15N3/c1-10-2-4-11(5-3-10)13(6-14)12-7-15-9-16-8-12/h2-5,7-9,13H,6,14H2,1H3. The van der Waals surface area contributed by atoms with Gasteiger partial charge in [-0.25, -0.2) is 9.97 Å². The van der Waals surface area contributed by atoms with Gasteiger partial charge in [-0.3, -0.25) is 0 Å². The highest BCUT2D eigenvalue weighted by molar-refractivity contribution is 5.32. The summed E-state index contributed by atoms with van der Waals surface area (Å²) in [4.78, 5) is 8.06. The fraction of sp³-hybridized carbons (Fsp3) is 0.231. The topological polar surface area (TPSA) is 51.8 Å². The molecule has 0 amide bonds. The molecule has 0 fully saturated rings. The molecule has 1 aromatic carbocycles. The lowest BCUT2D eigenvalue weighted by atomic mass is 9.93. The van der Waals surface area contributed by atoms with Crippen LogP contribution in [0.3, 0.4) is 0 Å². The molecule has 0 bridgehead atoms. The summed E-state index contributed by atoms with van der Waals surface area (Å²) >= 11 is 0. The monoisotopic (exact) mass is 213 g/mol. The van der Waals surface area contributed by atoms with Gasteiger partial charge in [0.05, 0.1) is 0 Å². The third-order valence-electron chi connectivity index (χ3n) is 2.70. The summed E-state index contributed by atoms with van der Waals surface area (Å²) in [5, 5.41) is 0. The summed E-state index contributed by atoms with van der Waals surface area (Å²) < 4.78 is 0. The molecule has 2 N–H and O–H groups in total. The number of hydrogen-bond acceptors (Lipinski definition) is 3. The van der Waals surface area contributed by atoms with E-state index in [1.807, 2.05) is 12.4 Å².